The molecule has 0 saturated carbocycles. The van der Waals surface area contributed by atoms with Gasteiger partial charge in [-0.3, -0.25) is 0 Å². The first kappa shape index (κ1) is 12.1. The molecule has 0 amide bonds. The summed E-state index contributed by atoms with van der Waals surface area (Å²) < 4.78 is 5.67. The molecule has 0 spiro atoms. The predicted octanol–water partition coefficient (Wildman–Crippen LogP) is 2.43. The van der Waals surface area contributed by atoms with E-state index in [1.165, 1.54) is 5.56 Å². The van der Waals surface area contributed by atoms with Gasteiger partial charge in [0.05, 0.1) is 12.6 Å². The lowest BCUT2D eigenvalue weighted by Gasteiger charge is -2.27. The maximum absolute atomic E-state index is 6.22. The zero-order valence-electron chi connectivity index (χ0n) is 10.7. The van der Waals surface area contributed by atoms with Gasteiger partial charge in [-0.05, 0) is 36.5 Å². The summed E-state index contributed by atoms with van der Waals surface area (Å²) in [4.78, 5) is 8.47. The summed E-state index contributed by atoms with van der Waals surface area (Å²) in [6.45, 7) is 0.754. The number of para-hydroxylation sites is 1. The molecular formula is C15H17N3O. The minimum absolute atomic E-state index is 0.127. The smallest absolute Gasteiger partial charge is 0.144 e. The summed E-state index contributed by atoms with van der Waals surface area (Å²) >= 11 is 0. The van der Waals surface area contributed by atoms with Crippen molar-refractivity contribution < 1.29 is 4.74 Å². The Morgan fingerprint density at radius 3 is 2.84 bits per heavy atom. The van der Waals surface area contributed by atoms with E-state index in [2.05, 4.69) is 16.0 Å². The molecule has 0 bridgehead atoms. The van der Waals surface area contributed by atoms with Crippen LogP contribution in [-0.2, 0) is 0 Å². The number of hydrogen-bond acceptors (Lipinski definition) is 4. The van der Waals surface area contributed by atoms with Crippen LogP contribution in [0, 0.1) is 0 Å². The van der Waals surface area contributed by atoms with Crippen LogP contribution < -0.4 is 10.5 Å². The number of fused-ring (bicyclic) bond motifs is 1. The van der Waals surface area contributed by atoms with Crippen LogP contribution in [0.1, 0.15) is 36.2 Å². The van der Waals surface area contributed by atoms with Crippen molar-refractivity contribution >= 4 is 0 Å². The maximum atomic E-state index is 6.22. The van der Waals surface area contributed by atoms with Crippen molar-refractivity contribution in [3.05, 3.63) is 54.1 Å². The van der Waals surface area contributed by atoms with E-state index in [4.69, 9.17) is 10.5 Å². The van der Waals surface area contributed by atoms with E-state index >= 15 is 0 Å². The minimum Gasteiger partial charge on any atom is -0.493 e. The van der Waals surface area contributed by atoms with E-state index in [-0.39, 0.29) is 6.04 Å². The second kappa shape index (κ2) is 5.36. The van der Waals surface area contributed by atoms with Crippen molar-refractivity contribution in [2.75, 3.05) is 6.61 Å². The fourth-order valence-corrected chi connectivity index (χ4v) is 2.57. The molecule has 2 aromatic rings. The zero-order chi connectivity index (χ0) is 13.1. The fourth-order valence-electron chi connectivity index (χ4n) is 2.57. The lowest BCUT2D eigenvalue weighted by molar-refractivity contribution is 0.258. The number of benzene rings is 1. The molecular weight excluding hydrogens is 238 g/mol. The number of ether oxygens (including phenoxy) is 1. The average molecular weight is 255 g/mol. The summed E-state index contributed by atoms with van der Waals surface area (Å²) in [5.41, 5.74) is 7.47. The number of nitrogens with two attached hydrogens (primary N) is 1. The van der Waals surface area contributed by atoms with Crippen molar-refractivity contribution in [1.29, 1.82) is 0 Å². The molecule has 1 aromatic carbocycles. The Morgan fingerprint density at radius 1 is 1.21 bits per heavy atom. The number of nitrogens with zero attached hydrogens (tertiary/aromatic N) is 2. The van der Waals surface area contributed by atoms with Crippen molar-refractivity contribution in [1.82, 2.24) is 9.97 Å². The molecule has 98 valence electrons. The summed E-state index contributed by atoms with van der Waals surface area (Å²) in [6.07, 6.45) is 5.32. The van der Waals surface area contributed by atoms with E-state index in [1.807, 2.05) is 18.2 Å². The van der Waals surface area contributed by atoms with Gasteiger partial charge in [0.2, 0.25) is 0 Å². The molecule has 2 N–H and O–H groups in total. The van der Waals surface area contributed by atoms with Gasteiger partial charge in [0.1, 0.15) is 11.6 Å². The monoisotopic (exact) mass is 255 g/mol. The Morgan fingerprint density at radius 2 is 2.00 bits per heavy atom. The topological polar surface area (TPSA) is 61.0 Å². The van der Waals surface area contributed by atoms with Gasteiger partial charge >= 0.3 is 0 Å². The van der Waals surface area contributed by atoms with Crippen molar-refractivity contribution in [3.63, 3.8) is 0 Å². The largest absolute Gasteiger partial charge is 0.493 e. The molecule has 0 saturated heterocycles. The van der Waals surface area contributed by atoms with Gasteiger partial charge in [-0.25, -0.2) is 9.97 Å². The number of rotatable bonds is 3. The van der Waals surface area contributed by atoms with Crippen LogP contribution in [0.2, 0.25) is 0 Å². The highest BCUT2D eigenvalue weighted by atomic mass is 16.5. The Labute approximate surface area is 112 Å². The van der Waals surface area contributed by atoms with Crippen LogP contribution >= 0.6 is 0 Å². The third-order valence-electron chi connectivity index (χ3n) is 3.54. The van der Waals surface area contributed by atoms with Gasteiger partial charge in [0, 0.05) is 12.4 Å². The first-order chi connectivity index (χ1) is 9.34. The number of aromatic nitrogens is 2. The van der Waals surface area contributed by atoms with Crippen LogP contribution in [0.3, 0.4) is 0 Å². The Balaban J connectivity index is 1.78. The Hall–Kier alpha value is -1.94. The average Bonchev–Trinajstić information content (AvgIpc) is 2.48. The summed E-state index contributed by atoms with van der Waals surface area (Å²) in [7, 11) is 0. The molecule has 3 rings (SSSR count). The van der Waals surface area contributed by atoms with E-state index < -0.39 is 0 Å². The third kappa shape index (κ3) is 2.58. The minimum atomic E-state index is -0.127. The van der Waals surface area contributed by atoms with Gasteiger partial charge in [-0.1, -0.05) is 18.2 Å². The summed E-state index contributed by atoms with van der Waals surface area (Å²) in [5.74, 6) is 2.12. The molecule has 19 heavy (non-hydrogen) atoms. The van der Waals surface area contributed by atoms with Crippen molar-refractivity contribution in [3.8, 4) is 5.75 Å². The molecule has 4 nitrogen and oxygen atoms in total. The molecule has 0 fully saturated rings. The van der Waals surface area contributed by atoms with Crippen molar-refractivity contribution in [2.24, 2.45) is 5.73 Å². The van der Waals surface area contributed by atoms with E-state index in [0.717, 1.165) is 25.2 Å². The molecule has 2 heterocycles. The normalized spacial score (nSPS) is 19.3. The zero-order valence-corrected chi connectivity index (χ0v) is 10.7. The Bertz CT molecular complexity index is 544. The standard InChI is InChI=1S/C15H17N3O/c16-13(15-17-7-3-8-18-15)10-11-6-9-19-14-5-2-1-4-12(11)14/h1-5,7-8,11,13H,6,9-10,16H2. The predicted molar refractivity (Wildman–Crippen MR) is 72.9 cm³/mol. The highest BCUT2D eigenvalue weighted by Gasteiger charge is 2.24. The first-order valence-electron chi connectivity index (χ1n) is 6.59. The molecule has 2 unspecified atom stereocenters. The molecule has 0 aliphatic carbocycles. The van der Waals surface area contributed by atoms with Gasteiger partial charge < -0.3 is 10.5 Å². The SMILES string of the molecule is NC(CC1CCOc2ccccc21)c1ncccn1. The first-order valence-corrected chi connectivity index (χ1v) is 6.59. The lowest BCUT2D eigenvalue weighted by Crippen LogP contribution is -2.21. The molecule has 1 aromatic heterocycles. The van der Waals surface area contributed by atoms with Gasteiger partial charge in [-0.2, -0.15) is 0 Å². The van der Waals surface area contributed by atoms with Gasteiger partial charge in [0.25, 0.3) is 0 Å². The summed E-state index contributed by atoms with van der Waals surface area (Å²) in [6, 6.07) is 9.87. The molecule has 0 radical (unpaired) electrons. The Kier molecular flexibility index (Phi) is 3.42. The van der Waals surface area contributed by atoms with Gasteiger partial charge in [0.15, 0.2) is 0 Å². The van der Waals surface area contributed by atoms with Crippen LogP contribution in [0.4, 0.5) is 0 Å². The van der Waals surface area contributed by atoms with Crippen LogP contribution in [0.5, 0.6) is 5.75 Å². The second-order valence-corrected chi connectivity index (χ2v) is 4.82. The van der Waals surface area contributed by atoms with Crippen LogP contribution in [0.25, 0.3) is 0 Å². The molecule has 1 aliphatic rings. The summed E-state index contributed by atoms with van der Waals surface area (Å²) in [5, 5.41) is 0. The quantitative estimate of drug-likeness (QED) is 0.915. The van der Waals surface area contributed by atoms with Gasteiger partial charge in [-0.15, -0.1) is 0 Å². The van der Waals surface area contributed by atoms with E-state index in [1.54, 1.807) is 18.5 Å². The van der Waals surface area contributed by atoms with E-state index in [9.17, 15) is 0 Å². The third-order valence-corrected chi connectivity index (χ3v) is 3.54. The van der Waals surface area contributed by atoms with Crippen molar-refractivity contribution in [2.45, 2.75) is 24.8 Å². The molecule has 4 heteroatoms. The fraction of sp³-hybridized carbons (Fsp3) is 0.333. The number of hydrogen-bond donors (Lipinski definition) is 1. The maximum Gasteiger partial charge on any atom is 0.144 e. The molecule has 2 atom stereocenters. The van der Waals surface area contributed by atoms with E-state index in [0.29, 0.717) is 11.7 Å². The highest BCUT2D eigenvalue weighted by molar-refractivity contribution is 5.37. The molecule has 1 aliphatic heterocycles. The second-order valence-electron chi connectivity index (χ2n) is 4.82. The van der Waals surface area contributed by atoms with Crippen LogP contribution in [-0.4, -0.2) is 16.6 Å². The highest BCUT2D eigenvalue weighted by Crippen LogP contribution is 2.37. The van der Waals surface area contributed by atoms with Crippen LogP contribution in [0.15, 0.2) is 42.7 Å². The lowest BCUT2D eigenvalue weighted by atomic mass is 9.87.